The number of aromatic nitrogens is 2. The number of rotatable bonds is 4. The van der Waals surface area contributed by atoms with E-state index >= 15 is 0 Å². The third kappa shape index (κ3) is 3.16. The molecule has 0 amide bonds. The van der Waals surface area contributed by atoms with Crippen molar-refractivity contribution in [2.75, 3.05) is 24.3 Å². The van der Waals surface area contributed by atoms with E-state index in [0.717, 1.165) is 0 Å². The van der Waals surface area contributed by atoms with Crippen LogP contribution in [0.5, 0.6) is 0 Å². The van der Waals surface area contributed by atoms with E-state index in [1.807, 2.05) is 14.1 Å². The SMILES string of the molecule is CN(C)c1nccc(Nc2ccc(Cl)c(C(=O)O)c2)n1. The van der Waals surface area contributed by atoms with Crippen LogP contribution in [-0.2, 0) is 0 Å². The van der Waals surface area contributed by atoms with Crippen LogP contribution in [0.15, 0.2) is 30.5 Å². The van der Waals surface area contributed by atoms with Crippen LogP contribution in [0, 0.1) is 0 Å². The Morgan fingerprint density at radius 3 is 2.75 bits per heavy atom. The second-order valence-electron chi connectivity index (χ2n) is 4.26. The molecule has 104 valence electrons. The molecule has 0 bridgehead atoms. The van der Waals surface area contributed by atoms with Gasteiger partial charge in [0.15, 0.2) is 0 Å². The van der Waals surface area contributed by atoms with Crippen LogP contribution >= 0.6 is 11.6 Å². The van der Waals surface area contributed by atoms with Gasteiger partial charge in [0.2, 0.25) is 5.95 Å². The minimum Gasteiger partial charge on any atom is -0.478 e. The van der Waals surface area contributed by atoms with E-state index in [4.69, 9.17) is 16.7 Å². The molecule has 0 aliphatic heterocycles. The molecule has 0 atom stereocenters. The van der Waals surface area contributed by atoms with Gasteiger partial charge in [-0.25, -0.2) is 9.78 Å². The summed E-state index contributed by atoms with van der Waals surface area (Å²) in [7, 11) is 3.67. The molecule has 0 saturated carbocycles. The van der Waals surface area contributed by atoms with Crippen LogP contribution < -0.4 is 10.2 Å². The number of nitrogens with one attached hydrogen (secondary N) is 1. The van der Waals surface area contributed by atoms with Crippen molar-refractivity contribution in [2.24, 2.45) is 0 Å². The van der Waals surface area contributed by atoms with Gasteiger partial charge in [-0.3, -0.25) is 0 Å². The van der Waals surface area contributed by atoms with E-state index in [0.29, 0.717) is 17.5 Å². The molecule has 0 aliphatic rings. The van der Waals surface area contributed by atoms with Crippen LogP contribution in [0.3, 0.4) is 0 Å². The number of benzene rings is 1. The lowest BCUT2D eigenvalue weighted by atomic mass is 10.2. The molecule has 2 N–H and O–H groups in total. The zero-order chi connectivity index (χ0) is 14.7. The summed E-state index contributed by atoms with van der Waals surface area (Å²) in [5.74, 6) is 0.0556. The molecule has 6 nitrogen and oxygen atoms in total. The fourth-order valence-electron chi connectivity index (χ4n) is 1.55. The van der Waals surface area contributed by atoms with Crippen LogP contribution in [-0.4, -0.2) is 35.1 Å². The minimum atomic E-state index is -1.07. The van der Waals surface area contributed by atoms with Gasteiger partial charge in [-0.15, -0.1) is 0 Å². The number of halogens is 1. The van der Waals surface area contributed by atoms with Crippen molar-refractivity contribution in [3.8, 4) is 0 Å². The lowest BCUT2D eigenvalue weighted by Crippen LogP contribution is -2.13. The minimum absolute atomic E-state index is 0.0403. The number of aromatic carboxylic acids is 1. The second kappa shape index (κ2) is 5.75. The van der Waals surface area contributed by atoms with Crippen LogP contribution in [0.4, 0.5) is 17.5 Å². The smallest absolute Gasteiger partial charge is 0.337 e. The summed E-state index contributed by atoms with van der Waals surface area (Å²) in [6.45, 7) is 0. The maximum Gasteiger partial charge on any atom is 0.337 e. The third-order valence-corrected chi connectivity index (χ3v) is 2.84. The zero-order valence-corrected chi connectivity index (χ0v) is 11.7. The number of hydrogen-bond donors (Lipinski definition) is 2. The molecule has 0 unspecified atom stereocenters. The average Bonchev–Trinajstić information content (AvgIpc) is 2.41. The van der Waals surface area contributed by atoms with Crippen molar-refractivity contribution in [3.63, 3.8) is 0 Å². The summed E-state index contributed by atoms with van der Waals surface area (Å²) in [6, 6.07) is 6.37. The van der Waals surface area contributed by atoms with Crippen molar-refractivity contribution in [2.45, 2.75) is 0 Å². The molecule has 2 rings (SSSR count). The highest BCUT2D eigenvalue weighted by atomic mass is 35.5. The van der Waals surface area contributed by atoms with Gasteiger partial charge in [-0.1, -0.05) is 11.6 Å². The van der Waals surface area contributed by atoms with Crippen molar-refractivity contribution in [1.29, 1.82) is 0 Å². The molecule has 20 heavy (non-hydrogen) atoms. The number of nitrogens with zero attached hydrogens (tertiary/aromatic N) is 3. The Balaban J connectivity index is 2.28. The Labute approximate surface area is 121 Å². The molecule has 2 aromatic rings. The maximum absolute atomic E-state index is 11.0. The highest BCUT2D eigenvalue weighted by Crippen LogP contribution is 2.23. The Morgan fingerprint density at radius 1 is 1.35 bits per heavy atom. The molecule has 7 heteroatoms. The largest absolute Gasteiger partial charge is 0.478 e. The molecular weight excluding hydrogens is 280 g/mol. The topological polar surface area (TPSA) is 78.4 Å². The van der Waals surface area contributed by atoms with E-state index in [2.05, 4.69) is 15.3 Å². The molecule has 0 radical (unpaired) electrons. The van der Waals surface area contributed by atoms with Gasteiger partial charge >= 0.3 is 5.97 Å². The number of carboxylic acids is 1. The van der Waals surface area contributed by atoms with Gasteiger partial charge in [0, 0.05) is 26.0 Å². The quantitative estimate of drug-likeness (QED) is 0.902. The molecule has 1 heterocycles. The predicted molar refractivity (Wildman–Crippen MR) is 78.1 cm³/mol. The van der Waals surface area contributed by atoms with E-state index in [1.54, 1.807) is 23.2 Å². The van der Waals surface area contributed by atoms with Gasteiger partial charge in [0.1, 0.15) is 5.82 Å². The summed E-state index contributed by atoms with van der Waals surface area (Å²) in [5.41, 5.74) is 0.633. The summed E-state index contributed by atoms with van der Waals surface area (Å²) in [4.78, 5) is 21.2. The van der Waals surface area contributed by atoms with E-state index in [-0.39, 0.29) is 10.6 Å². The first-order chi connectivity index (χ1) is 9.47. The monoisotopic (exact) mass is 292 g/mol. The maximum atomic E-state index is 11.0. The van der Waals surface area contributed by atoms with Crippen LogP contribution in [0.25, 0.3) is 0 Å². The van der Waals surface area contributed by atoms with E-state index in [1.165, 1.54) is 12.1 Å². The number of hydrogen-bond acceptors (Lipinski definition) is 5. The number of carboxylic acid groups (broad SMARTS) is 1. The summed E-state index contributed by atoms with van der Waals surface area (Å²) in [6.07, 6.45) is 1.62. The van der Waals surface area contributed by atoms with E-state index in [9.17, 15) is 4.79 Å². The van der Waals surface area contributed by atoms with Gasteiger partial charge < -0.3 is 15.3 Å². The van der Waals surface area contributed by atoms with Gasteiger partial charge in [-0.05, 0) is 24.3 Å². The molecule has 0 aliphatic carbocycles. The highest BCUT2D eigenvalue weighted by Gasteiger charge is 2.10. The first kappa shape index (κ1) is 14.1. The van der Waals surface area contributed by atoms with Gasteiger partial charge in [0.05, 0.1) is 10.6 Å². The predicted octanol–water partition coefficient (Wildman–Crippen LogP) is 2.64. The fourth-order valence-corrected chi connectivity index (χ4v) is 1.75. The van der Waals surface area contributed by atoms with Crippen molar-refractivity contribution in [3.05, 3.63) is 41.0 Å². The first-order valence-electron chi connectivity index (χ1n) is 5.77. The summed E-state index contributed by atoms with van der Waals surface area (Å²) in [5, 5.41) is 12.2. The summed E-state index contributed by atoms with van der Waals surface area (Å²) >= 11 is 5.82. The Bertz CT molecular complexity index is 646. The molecule has 1 aromatic heterocycles. The van der Waals surface area contributed by atoms with Crippen LogP contribution in [0.2, 0.25) is 5.02 Å². The molecular formula is C13H13ClN4O2. The van der Waals surface area contributed by atoms with Crippen molar-refractivity contribution in [1.82, 2.24) is 9.97 Å². The Kier molecular flexibility index (Phi) is 4.05. The van der Waals surface area contributed by atoms with Crippen LogP contribution in [0.1, 0.15) is 10.4 Å². The fraction of sp³-hybridized carbons (Fsp3) is 0.154. The first-order valence-corrected chi connectivity index (χ1v) is 6.15. The standard InChI is InChI=1S/C13H13ClN4O2/c1-18(2)13-15-6-5-11(17-13)16-8-3-4-10(14)9(7-8)12(19)20/h3-7H,1-2H3,(H,19,20)(H,15,16,17). The Hall–Kier alpha value is -2.34. The Morgan fingerprint density at radius 2 is 2.10 bits per heavy atom. The zero-order valence-electron chi connectivity index (χ0n) is 11.0. The van der Waals surface area contributed by atoms with Crippen molar-refractivity contribution >= 4 is 35.0 Å². The third-order valence-electron chi connectivity index (χ3n) is 2.51. The molecule has 0 saturated heterocycles. The normalized spacial score (nSPS) is 10.2. The number of carbonyl (C=O) groups is 1. The lowest BCUT2D eigenvalue weighted by Gasteiger charge is -2.12. The number of anilines is 3. The lowest BCUT2D eigenvalue weighted by molar-refractivity contribution is 0.0697. The second-order valence-corrected chi connectivity index (χ2v) is 4.67. The molecule has 0 spiro atoms. The van der Waals surface area contributed by atoms with Gasteiger partial charge in [0.25, 0.3) is 0 Å². The highest BCUT2D eigenvalue weighted by molar-refractivity contribution is 6.33. The summed E-state index contributed by atoms with van der Waals surface area (Å²) < 4.78 is 0. The van der Waals surface area contributed by atoms with Gasteiger partial charge in [-0.2, -0.15) is 4.98 Å². The van der Waals surface area contributed by atoms with E-state index < -0.39 is 5.97 Å². The van der Waals surface area contributed by atoms with Crippen molar-refractivity contribution < 1.29 is 9.90 Å². The molecule has 1 aromatic carbocycles. The molecule has 0 fully saturated rings. The average molecular weight is 293 g/mol.